The summed E-state index contributed by atoms with van der Waals surface area (Å²) < 4.78 is 20.6. The van der Waals surface area contributed by atoms with Gasteiger partial charge in [0.25, 0.3) is 0 Å². The fourth-order valence-corrected chi connectivity index (χ4v) is 4.96. The Balaban J connectivity index is 1.32. The third-order valence-electron chi connectivity index (χ3n) is 7.29. The monoisotopic (exact) mass is 481 g/mol. The highest BCUT2D eigenvalue weighted by molar-refractivity contribution is 5.84. The van der Waals surface area contributed by atoms with Crippen LogP contribution in [0.25, 0.3) is 0 Å². The van der Waals surface area contributed by atoms with E-state index in [1.807, 2.05) is 42.7 Å². The first-order valence-electron chi connectivity index (χ1n) is 12.5. The van der Waals surface area contributed by atoms with Gasteiger partial charge in [-0.3, -0.25) is 9.69 Å². The van der Waals surface area contributed by atoms with Gasteiger partial charge in [-0.15, -0.1) is 0 Å². The predicted octanol–water partition coefficient (Wildman–Crippen LogP) is 3.81. The number of nitrogens with two attached hydrogens (primary N) is 1. The Bertz CT molecular complexity index is 1020. The van der Waals surface area contributed by atoms with Crippen molar-refractivity contribution in [2.45, 2.75) is 64.3 Å². The number of likely N-dealkylation sites (tertiary alicyclic amines) is 2. The van der Waals surface area contributed by atoms with E-state index in [0.717, 1.165) is 17.5 Å². The topological polar surface area (TPSA) is 75.9 Å². The molecule has 4 atom stereocenters. The van der Waals surface area contributed by atoms with Gasteiger partial charge in [0, 0.05) is 25.6 Å². The predicted molar refractivity (Wildman–Crippen MR) is 134 cm³/mol. The first-order chi connectivity index (χ1) is 16.7. The number of carbonyl (C=O) groups is 2. The summed E-state index contributed by atoms with van der Waals surface area (Å²) in [5.41, 5.74) is 9.04. The van der Waals surface area contributed by atoms with Crippen molar-refractivity contribution in [3.63, 3.8) is 0 Å². The van der Waals surface area contributed by atoms with Crippen LogP contribution < -0.4 is 10.5 Å². The van der Waals surface area contributed by atoms with Crippen molar-refractivity contribution >= 4 is 11.9 Å². The number of esters is 1. The largest absolute Gasteiger partial charge is 0.425 e. The number of piperidine rings is 1. The molecule has 0 spiro atoms. The van der Waals surface area contributed by atoms with Crippen LogP contribution >= 0.6 is 0 Å². The lowest BCUT2D eigenvalue weighted by molar-refractivity contribution is -0.137. The molecule has 188 valence electrons. The van der Waals surface area contributed by atoms with Crippen LogP contribution in [-0.4, -0.2) is 59.6 Å². The van der Waals surface area contributed by atoms with Crippen LogP contribution in [0.3, 0.4) is 0 Å². The Labute approximate surface area is 207 Å². The molecule has 0 bridgehead atoms. The molecule has 1 amide bonds. The molecule has 0 radical (unpaired) electrons. The maximum absolute atomic E-state index is 15.3. The second-order valence-corrected chi connectivity index (χ2v) is 10.2. The van der Waals surface area contributed by atoms with E-state index in [1.165, 1.54) is 5.56 Å². The molecule has 2 aromatic carbocycles. The smallest absolute Gasteiger partial charge is 0.328 e. The van der Waals surface area contributed by atoms with E-state index in [1.54, 1.807) is 12.1 Å². The lowest BCUT2D eigenvalue weighted by Gasteiger charge is -2.37. The molecule has 2 aromatic rings. The van der Waals surface area contributed by atoms with E-state index >= 15 is 4.39 Å². The minimum atomic E-state index is -1.06. The Morgan fingerprint density at radius 2 is 1.77 bits per heavy atom. The minimum Gasteiger partial charge on any atom is -0.425 e. The number of ether oxygens (including phenoxy) is 1. The number of hydrogen-bond acceptors (Lipinski definition) is 5. The van der Waals surface area contributed by atoms with Crippen LogP contribution in [0.2, 0.25) is 0 Å². The Morgan fingerprint density at radius 1 is 1.09 bits per heavy atom. The van der Waals surface area contributed by atoms with Crippen molar-refractivity contribution in [1.82, 2.24) is 9.80 Å². The molecular formula is C28H36FN3O3. The quantitative estimate of drug-likeness (QED) is 0.481. The van der Waals surface area contributed by atoms with Crippen LogP contribution in [0.1, 0.15) is 49.3 Å². The molecule has 4 unspecified atom stereocenters. The third kappa shape index (κ3) is 5.90. The SMILES string of the molecule is Cc1ccc(CN2CCC(N3CCC(c4ccc(OC(=O)C(N)C(C)C)cc4)C(F)C3)C2=O)cc1. The maximum atomic E-state index is 15.3. The van der Waals surface area contributed by atoms with Gasteiger partial charge in [0.05, 0.1) is 6.04 Å². The van der Waals surface area contributed by atoms with E-state index in [4.69, 9.17) is 10.5 Å². The van der Waals surface area contributed by atoms with E-state index in [-0.39, 0.29) is 30.3 Å². The highest BCUT2D eigenvalue weighted by atomic mass is 19.1. The minimum absolute atomic E-state index is 0.0133. The van der Waals surface area contributed by atoms with Crippen LogP contribution in [0.5, 0.6) is 5.75 Å². The molecule has 0 aliphatic carbocycles. The molecule has 4 rings (SSSR count). The van der Waals surface area contributed by atoms with Gasteiger partial charge in [0.2, 0.25) is 5.91 Å². The number of benzene rings is 2. The molecule has 0 aromatic heterocycles. The van der Waals surface area contributed by atoms with Gasteiger partial charge in [-0.1, -0.05) is 55.8 Å². The molecular weight excluding hydrogens is 445 g/mol. The van der Waals surface area contributed by atoms with Crippen molar-refractivity contribution in [1.29, 1.82) is 0 Å². The molecule has 2 fully saturated rings. The molecule has 2 aliphatic rings. The number of aryl methyl sites for hydroxylation is 1. The molecule has 2 heterocycles. The Kier molecular flexibility index (Phi) is 7.87. The molecule has 2 saturated heterocycles. The number of rotatable bonds is 7. The number of alkyl halides is 1. The summed E-state index contributed by atoms with van der Waals surface area (Å²) in [5, 5.41) is 0. The maximum Gasteiger partial charge on any atom is 0.328 e. The third-order valence-corrected chi connectivity index (χ3v) is 7.29. The van der Waals surface area contributed by atoms with Gasteiger partial charge >= 0.3 is 5.97 Å². The van der Waals surface area contributed by atoms with Gasteiger partial charge in [-0.25, -0.2) is 9.18 Å². The van der Waals surface area contributed by atoms with Gasteiger partial charge < -0.3 is 15.4 Å². The van der Waals surface area contributed by atoms with Crippen LogP contribution in [-0.2, 0) is 16.1 Å². The number of halogens is 1. The van der Waals surface area contributed by atoms with Gasteiger partial charge in [0.15, 0.2) is 0 Å². The normalized spacial score (nSPS) is 24.1. The molecule has 35 heavy (non-hydrogen) atoms. The molecule has 0 saturated carbocycles. The first-order valence-corrected chi connectivity index (χ1v) is 12.5. The number of amides is 1. The summed E-state index contributed by atoms with van der Waals surface area (Å²) in [7, 11) is 0. The second kappa shape index (κ2) is 10.9. The lowest BCUT2D eigenvalue weighted by Crippen LogP contribution is -2.49. The van der Waals surface area contributed by atoms with Gasteiger partial charge in [0.1, 0.15) is 18.0 Å². The Hall–Kier alpha value is -2.77. The zero-order valence-corrected chi connectivity index (χ0v) is 20.8. The van der Waals surface area contributed by atoms with E-state index < -0.39 is 18.2 Å². The molecule has 6 nitrogen and oxygen atoms in total. The summed E-state index contributed by atoms with van der Waals surface area (Å²) in [6, 6.07) is 14.3. The van der Waals surface area contributed by atoms with Crippen molar-refractivity contribution in [3.8, 4) is 5.75 Å². The number of carbonyl (C=O) groups excluding carboxylic acids is 2. The van der Waals surface area contributed by atoms with E-state index in [0.29, 0.717) is 31.8 Å². The van der Waals surface area contributed by atoms with Crippen molar-refractivity contribution in [2.75, 3.05) is 19.6 Å². The van der Waals surface area contributed by atoms with Crippen molar-refractivity contribution < 1.29 is 18.7 Å². The number of hydrogen-bond donors (Lipinski definition) is 1. The van der Waals surface area contributed by atoms with Crippen LogP contribution in [0.15, 0.2) is 48.5 Å². The highest BCUT2D eigenvalue weighted by Gasteiger charge is 2.40. The fourth-order valence-electron chi connectivity index (χ4n) is 4.96. The second-order valence-electron chi connectivity index (χ2n) is 10.2. The zero-order chi connectivity index (χ0) is 25.1. The zero-order valence-electron chi connectivity index (χ0n) is 20.8. The first kappa shape index (κ1) is 25.3. The summed E-state index contributed by atoms with van der Waals surface area (Å²) in [6.07, 6.45) is 0.312. The van der Waals surface area contributed by atoms with E-state index in [9.17, 15) is 9.59 Å². The van der Waals surface area contributed by atoms with E-state index in [2.05, 4.69) is 24.3 Å². The van der Waals surface area contributed by atoms with Crippen molar-refractivity contribution in [2.24, 2.45) is 11.7 Å². The van der Waals surface area contributed by atoms with Gasteiger partial charge in [-0.05, 0) is 55.5 Å². The molecule has 7 heteroatoms. The standard InChI is InChI=1S/C28H36FN3O3/c1-18(2)26(30)28(34)35-22-10-8-21(9-11-22)23-12-14-31(17-24(23)29)25-13-15-32(27(25)33)16-20-6-4-19(3)5-7-20/h4-11,18,23-26H,12-17,30H2,1-3H3. The summed E-state index contributed by atoms with van der Waals surface area (Å²) >= 11 is 0. The average Bonchev–Trinajstić information content (AvgIpc) is 3.20. The summed E-state index contributed by atoms with van der Waals surface area (Å²) in [4.78, 5) is 29.0. The number of nitrogens with zero attached hydrogens (tertiary/aromatic N) is 2. The highest BCUT2D eigenvalue weighted by Crippen LogP contribution is 2.34. The Morgan fingerprint density at radius 3 is 2.40 bits per heavy atom. The molecule has 2 aliphatic heterocycles. The van der Waals surface area contributed by atoms with Crippen LogP contribution in [0, 0.1) is 12.8 Å². The van der Waals surface area contributed by atoms with Crippen molar-refractivity contribution in [3.05, 3.63) is 65.2 Å². The molecule has 2 N–H and O–H groups in total. The van der Waals surface area contributed by atoms with Gasteiger partial charge in [-0.2, -0.15) is 0 Å². The fraction of sp³-hybridized carbons (Fsp3) is 0.500. The summed E-state index contributed by atoms with van der Waals surface area (Å²) in [6.45, 7) is 8.01. The lowest BCUT2D eigenvalue weighted by atomic mass is 9.87. The summed E-state index contributed by atoms with van der Waals surface area (Å²) in [5.74, 6) is -0.216. The average molecular weight is 482 g/mol. The van der Waals surface area contributed by atoms with Crippen LogP contribution in [0.4, 0.5) is 4.39 Å².